The van der Waals surface area contributed by atoms with E-state index in [2.05, 4.69) is 5.32 Å². The molecule has 1 aromatic rings. The van der Waals surface area contributed by atoms with Crippen LogP contribution in [0.4, 0.5) is 0 Å². The van der Waals surface area contributed by atoms with Gasteiger partial charge in [-0.25, -0.2) is 0 Å². The summed E-state index contributed by atoms with van der Waals surface area (Å²) in [6.45, 7) is 3.99. The number of imide groups is 1. The molecular weight excluding hydrogens is 332 g/mol. The molecule has 0 bridgehead atoms. The zero-order chi connectivity index (χ0) is 18.7. The number of carbonyl (C=O) groups excluding carboxylic acids is 3. The highest BCUT2D eigenvalue weighted by Gasteiger charge is 2.48. The molecule has 1 N–H and O–H groups in total. The van der Waals surface area contributed by atoms with Gasteiger partial charge in [0.15, 0.2) is 0 Å². The summed E-state index contributed by atoms with van der Waals surface area (Å²) in [5.74, 6) is -0.406. The van der Waals surface area contributed by atoms with Crippen LogP contribution in [0.25, 0.3) is 0 Å². The molecule has 6 heteroatoms. The summed E-state index contributed by atoms with van der Waals surface area (Å²) in [5.41, 5.74) is 0.863. The molecule has 26 heavy (non-hydrogen) atoms. The predicted molar refractivity (Wildman–Crippen MR) is 96.2 cm³/mol. The van der Waals surface area contributed by atoms with Crippen molar-refractivity contribution in [2.75, 3.05) is 6.54 Å². The molecule has 2 unspecified atom stereocenters. The fourth-order valence-electron chi connectivity index (χ4n) is 3.80. The third-order valence-corrected chi connectivity index (χ3v) is 5.05. The fourth-order valence-corrected chi connectivity index (χ4v) is 3.80. The quantitative estimate of drug-likeness (QED) is 0.792. The zero-order valence-electron chi connectivity index (χ0n) is 15.4. The van der Waals surface area contributed by atoms with E-state index >= 15 is 0 Å². The van der Waals surface area contributed by atoms with Crippen LogP contribution in [0.5, 0.6) is 5.75 Å². The summed E-state index contributed by atoms with van der Waals surface area (Å²) < 4.78 is 5.74. The fraction of sp³-hybridized carbons (Fsp3) is 0.550. The second-order valence-electron chi connectivity index (χ2n) is 7.31. The molecule has 2 aliphatic rings. The molecule has 0 radical (unpaired) electrons. The topological polar surface area (TPSA) is 75.7 Å². The number of likely N-dealkylation sites (tertiary alicyclic amines) is 1. The Morgan fingerprint density at radius 2 is 1.77 bits per heavy atom. The number of amides is 3. The van der Waals surface area contributed by atoms with Crippen molar-refractivity contribution < 1.29 is 19.1 Å². The number of rotatable bonds is 6. The van der Waals surface area contributed by atoms with Gasteiger partial charge in [0, 0.05) is 12.1 Å². The summed E-state index contributed by atoms with van der Waals surface area (Å²) in [5, 5.41) is 2.80. The Balaban J connectivity index is 1.58. The van der Waals surface area contributed by atoms with Crippen LogP contribution in [0.2, 0.25) is 0 Å². The Bertz CT molecular complexity index is 677. The first-order valence-corrected chi connectivity index (χ1v) is 9.34. The summed E-state index contributed by atoms with van der Waals surface area (Å²) in [7, 11) is 0. The van der Waals surface area contributed by atoms with Crippen LogP contribution >= 0.6 is 0 Å². The van der Waals surface area contributed by atoms with Crippen LogP contribution in [0.3, 0.4) is 0 Å². The lowest BCUT2D eigenvalue weighted by atomic mass is 9.81. The molecule has 0 spiro atoms. The summed E-state index contributed by atoms with van der Waals surface area (Å²) in [4.78, 5) is 38.3. The Labute approximate surface area is 153 Å². The van der Waals surface area contributed by atoms with E-state index < -0.39 is 0 Å². The third kappa shape index (κ3) is 3.89. The molecule has 0 aromatic heterocycles. The minimum atomic E-state index is -0.329. The maximum absolute atomic E-state index is 12.4. The van der Waals surface area contributed by atoms with Crippen LogP contribution in [-0.2, 0) is 20.9 Å². The van der Waals surface area contributed by atoms with E-state index in [9.17, 15) is 14.4 Å². The van der Waals surface area contributed by atoms with Gasteiger partial charge in [0.2, 0.25) is 17.7 Å². The van der Waals surface area contributed by atoms with Gasteiger partial charge in [-0.15, -0.1) is 0 Å². The van der Waals surface area contributed by atoms with E-state index in [-0.39, 0.29) is 42.2 Å². The molecule has 6 nitrogen and oxygen atoms in total. The molecule has 1 aliphatic carbocycles. The van der Waals surface area contributed by atoms with Crippen molar-refractivity contribution in [2.24, 2.45) is 11.8 Å². The first kappa shape index (κ1) is 18.4. The van der Waals surface area contributed by atoms with Gasteiger partial charge in [-0.2, -0.15) is 0 Å². The molecule has 1 heterocycles. The van der Waals surface area contributed by atoms with Crippen molar-refractivity contribution in [2.45, 2.75) is 52.2 Å². The van der Waals surface area contributed by atoms with E-state index in [1.807, 2.05) is 38.1 Å². The van der Waals surface area contributed by atoms with E-state index in [0.717, 1.165) is 41.9 Å². The Morgan fingerprint density at radius 1 is 1.15 bits per heavy atom. The predicted octanol–water partition coefficient (Wildman–Crippen LogP) is 2.27. The lowest BCUT2D eigenvalue weighted by Crippen LogP contribution is -2.40. The Kier molecular flexibility index (Phi) is 5.59. The number of fused-ring (bicyclic) bond motifs is 1. The summed E-state index contributed by atoms with van der Waals surface area (Å²) in [6.07, 6.45) is 3.51. The van der Waals surface area contributed by atoms with Gasteiger partial charge in [-0.05, 0) is 32.8 Å². The first-order chi connectivity index (χ1) is 12.5. The van der Waals surface area contributed by atoms with Crippen molar-refractivity contribution in [1.29, 1.82) is 0 Å². The van der Waals surface area contributed by atoms with Gasteiger partial charge >= 0.3 is 0 Å². The Morgan fingerprint density at radius 3 is 2.38 bits per heavy atom. The number of para-hydroxylation sites is 1. The second-order valence-corrected chi connectivity index (χ2v) is 7.31. The molecule has 1 saturated carbocycles. The SMILES string of the molecule is CC(C)Oc1ccccc1CNC(=O)CN1C(=O)C2CCCCC2C1=O. The number of benzene rings is 1. The molecule has 3 amide bonds. The van der Waals surface area contributed by atoms with Crippen molar-refractivity contribution in [3.05, 3.63) is 29.8 Å². The standard InChI is InChI=1S/C20H26N2O4/c1-13(2)26-17-10-6-3-7-14(17)11-21-18(23)12-22-19(24)15-8-4-5-9-16(15)20(22)25/h3,6-7,10,13,15-16H,4-5,8-9,11-12H2,1-2H3,(H,21,23). The van der Waals surface area contributed by atoms with Gasteiger partial charge in [0.05, 0.1) is 17.9 Å². The van der Waals surface area contributed by atoms with Crippen LogP contribution in [0.1, 0.15) is 45.1 Å². The minimum absolute atomic E-state index is 0.0371. The molecule has 1 aromatic carbocycles. The van der Waals surface area contributed by atoms with Gasteiger partial charge < -0.3 is 10.1 Å². The molecule has 2 fully saturated rings. The lowest BCUT2D eigenvalue weighted by molar-refractivity contribution is -0.143. The van der Waals surface area contributed by atoms with E-state index in [0.29, 0.717) is 6.54 Å². The largest absolute Gasteiger partial charge is 0.491 e. The molecule has 3 rings (SSSR count). The van der Waals surface area contributed by atoms with Crippen LogP contribution in [0.15, 0.2) is 24.3 Å². The van der Waals surface area contributed by atoms with Gasteiger partial charge in [-0.3, -0.25) is 19.3 Å². The van der Waals surface area contributed by atoms with E-state index in [1.165, 1.54) is 0 Å². The lowest BCUT2D eigenvalue weighted by Gasteiger charge is -2.19. The summed E-state index contributed by atoms with van der Waals surface area (Å²) >= 11 is 0. The first-order valence-electron chi connectivity index (χ1n) is 9.34. The molecule has 140 valence electrons. The second kappa shape index (κ2) is 7.89. The molecule has 2 atom stereocenters. The maximum atomic E-state index is 12.4. The molecular formula is C20H26N2O4. The van der Waals surface area contributed by atoms with Crippen LogP contribution < -0.4 is 10.1 Å². The smallest absolute Gasteiger partial charge is 0.240 e. The average Bonchev–Trinajstić information content (AvgIpc) is 2.86. The highest BCUT2D eigenvalue weighted by atomic mass is 16.5. The van der Waals surface area contributed by atoms with Gasteiger partial charge in [0.1, 0.15) is 12.3 Å². The number of carbonyl (C=O) groups is 3. The van der Waals surface area contributed by atoms with E-state index in [4.69, 9.17) is 4.74 Å². The minimum Gasteiger partial charge on any atom is -0.491 e. The van der Waals surface area contributed by atoms with Crippen LogP contribution in [-0.4, -0.2) is 35.3 Å². The average molecular weight is 358 g/mol. The number of hydrogen-bond donors (Lipinski definition) is 1. The Hall–Kier alpha value is -2.37. The van der Waals surface area contributed by atoms with Crippen molar-refractivity contribution in [1.82, 2.24) is 10.2 Å². The number of nitrogens with zero attached hydrogens (tertiary/aromatic N) is 1. The molecule has 1 aliphatic heterocycles. The van der Waals surface area contributed by atoms with Gasteiger partial charge in [-0.1, -0.05) is 31.0 Å². The van der Waals surface area contributed by atoms with Gasteiger partial charge in [0.25, 0.3) is 0 Å². The highest BCUT2D eigenvalue weighted by Crippen LogP contribution is 2.37. The normalized spacial score (nSPS) is 22.5. The monoisotopic (exact) mass is 358 g/mol. The third-order valence-electron chi connectivity index (χ3n) is 5.05. The maximum Gasteiger partial charge on any atom is 0.240 e. The van der Waals surface area contributed by atoms with Crippen LogP contribution in [0, 0.1) is 11.8 Å². The molecule has 1 saturated heterocycles. The zero-order valence-corrected chi connectivity index (χ0v) is 15.4. The van der Waals surface area contributed by atoms with E-state index in [1.54, 1.807) is 0 Å². The van der Waals surface area contributed by atoms with Crippen molar-refractivity contribution in [3.8, 4) is 5.75 Å². The van der Waals surface area contributed by atoms with Crippen molar-refractivity contribution >= 4 is 17.7 Å². The highest BCUT2D eigenvalue weighted by molar-refractivity contribution is 6.07. The van der Waals surface area contributed by atoms with Crippen molar-refractivity contribution in [3.63, 3.8) is 0 Å². The summed E-state index contributed by atoms with van der Waals surface area (Å²) in [6, 6.07) is 7.51. The number of nitrogens with one attached hydrogen (secondary N) is 1. The number of ether oxygens (including phenoxy) is 1. The number of hydrogen-bond acceptors (Lipinski definition) is 4.